The molecule has 1 atom stereocenters. The number of benzene rings is 3. The molecule has 1 aliphatic rings. The Labute approximate surface area is 203 Å². The van der Waals surface area contributed by atoms with E-state index in [1.165, 1.54) is 0 Å². The lowest BCUT2D eigenvalue weighted by atomic mass is 10.0. The van der Waals surface area contributed by atoms with Gasteiger partial charge < -0.3 is 24.3 Å². The van der Waals surface area contributed by atoms with Crippen LogP contribution in [0, 0.1) is 0 Å². The minimum absolute atomic E-state index is 0.243. The Bertz CT molecular complexity index is 1330. The van der Waals surface area contributed by atoms with Crippen LogP contribution in [-0.4, -0.2) is 29.7 Å². The van der Waals surface area contributed by atoms with E-state index in [4.69, 9.17) is 21.1 Å². The number of carbonyl (C=O) groups is 1. The van der Waals surface area contributed by atoms with Gasteiger partial charge >= 0.3 is 6.03 Å². The topological polar surface area (TPSA) is 55.7 Å². The Morgan fingerprint density at radius 3 is 2.53 bits per heavy atom. The first-order chi connectivity index (χ1) is 16.6. The summed E-state index contributed by atoms with van der Waals surface area (Å²) < 4.78 is 12.9. The quantitative estimate of drug-likeness (QED) is 0.379. The Kier molecular flexibility index (Phi) is 5.90. The molecule has 5 rings (SSSR count). The molecule has 1 aromatic heterocycles. The van der Waals surface area contributed by atoms with Crippen molar-refractivity contribution in [2.75, 3.05) is 19.5 Å². The van der Waals surface area contributed by atoms with E-state index in [1.54, 1.807) is 32.4 Å². The van der Waals surface area contributed by atoms with Crippen LogP contribution in [0.3, 0.4) is 0 Å². The van der Waals surface area contributed by atoms with E-state index < -0.39 is 0 Å². The van der Waals surface area contributed by atoms with Crippen LogP contribution < -0.4 is 14.8 Å². The minimum atomic E-state index is -0.330. The number of nitrogens with zero attached hydrogens (tertiary/aromatic N) is 2. The molecule has 0 aliphatic carbocycles. The van der Waals surface area contributed by atoms with Gasteiger partial charge in [-0.15, -0.1) is 0 Å². The van der Waals surface area contributed by atoms with Crippen molar-refractivity contribution < 1.29 is 14.3 Å². The maximum Gasteiger partial charge on any atom is 0.323 e. The number of hydrogen-bond acceptors (Lipinski definition) is 3. The van der Waals surface area contributed by atoms with Gasteiger partial charge in [0, 0.05) is 23.0 Å². The van der Waals surface area contributed by atoms with Gasteiger partial charge in [-0.05, 0) is 53.6 Å². The zero-order valence-corrected chi connectivity index (χ0v) is 19.6. The van der Waals surface area contributed by atoms with Crippen molar-refractivity contribution in [2.24, 2.45) is 0 Å². The molecule has 0 bridgehead atoms. The van der Waals surface area contributed by atoms with E-state index in [2.05, 4.69) is 28.1 Å². The van der Waals surface area contributed by atoms with Crippen LogP contribution >= 0.6 is 11.6 Å². The fourth-order valence-electron chi connectivity index (χ4n) is 4.42. The lowest BCUT2D eigenvalue weighted by molar-refractivity contribution is 0.194. The largest absolute Gasteiger partial charge is 0.497 e. The van der Waals surface area contributed by atoms with E-state index in [-0.39, 0.29) is 12.1 Å². The zero-order valence-electron chi connectivity index (χ0n) is 18.9. The minimum Gasteiger partial charge on any atom is -0.497 e. The number of halogens is 1. The normalized spacial score (nSPS) is 14.6. The van der Waals surface area contributed by atoms with Crippen molar-refractivity contribution in [2.45, 2.75) is 12.6 Å². The molecular weight excluding hydrogens is 450 g/mol. The number of ether oxygens (including phenoxy) is 2. The Morgan fingerprint density at radius 1 is 0.971 bits per heavy atom. The first kappa shape index (κ1) is 21.9. The molecule has 0 saturated carbocycles. The molecule has 1 aliphatic heterocycles. The first-order valence-corrected chi connectivity index (χ1v) is 11.3. The molecule has 2 heterocycles. The predicted octanol–water partition coefficient (Wildman–Crippen LogP) is 6.29. The second kappa shape index (κ2) is 9.15. The molecule has 34 heavy (non-hydrogen) atoms. The summed E-state index contributed by atoms with van der Waals surface area (Å²) in [4.78, 5) is 15.7. The number of rotatable bonds is 4. The van der Waals surface area contributed by atoms with Gasteiger partial charge in [0.2, 0.25) is 0 Å². The lowest BCUT2D eigenvalue weighted by Crippen LogP contribution is -2.38. The molecule has 7 heteroatoms. The summed E-state index contributed by atoms with van der Waals surface area (Å²) in [5.74, 6) is 1.17. The van der Waals surface area contributed by atoms with E-state index in [0.717, 1.165) is 22.5 Å². The highest BCUT2D eigenvalue weighted by atomic mass is 35.5. The molecule has 4 aromatic rings. The van der Waals surface area contributed by atoms with Crippen molar-refractivity contribution >= 4 is 23.3 Å². The van der Waals surface area contributed by atoms with Crippen molar-refractivity contribution in [1.29, 1.82) is 0 Å². The van der Waals surface area contributed by atoms with Gasteiger partial charge in [-0.3, -0.25) is 0 Å². The summed E-state index contributed by atoms with van der Waals surface area (Å²) in [7, 11) is 3.16. The molecule has 0 radical (unpaired) electrons. The fourth-order valence-corrected chi connectivity index (χ4v) is 4.55. The van der Waals surface area contributed by atoms with Crippen LogP contribution in [0.2, 0.25) is 5.02 Å². The van der Waals surface area contributed by atoms with Crippen LogP contribution in [0.4, 0.5) is 10.5 Å². The van der Waals surface area contributed by atoms with E-state index >= 15 is 0 Å². The molecular formula is C27H24ClN3O3. The van der Waals surface area contributed by atoms with E-state index in [0.29, 0.717) is 28.8 Å². The third-order valence-corrected chi connectivity index (χ3v) is 6.31. The third-order valence-electron chi connectivity index (χ3n) is 6.06. The molecule has 0 saturated heterocycles. The molecule has 172 valence electrons. The summed E-state index contributed by atoms with van der Waals surface area (Å²) in [6.45, 7) is 0.426. The SMILES string of the molecule is COc1ccc(NC(=O)N2Cc3ccccc3-n3cccc3[C@H]2c2ccc(Cl)cc2)c(OC)c1. The summed E-state index contributed by atoms with van der Waals surface area (Å²) >= 11 is 6.18. The van der Waals surface area contributed by atoms with Crippen LogP contribution in [-0.2, 0) is 6.54 Å². The Morgan fingerprint density at radius 2 is 1.76 bits per heavy atom. The molecule has 2 amide bonds. The van der Waals surface area contributed by atoms with Gasteiger partial charge in [-0.25, -0.2) is 4.79 Å². The standard InChI is InChI=1S/C27H24ClN3O3/c1-33-21-13-14-22(25(16-21)34-2)29-27(32)31-17-19-6-3-4-7-23(19)30-15-5-8-24(30)26(31)18-9-11-20(28)12-10-18/h3-16,26H,17H2,1-2H3,(H,29,32)/t26-/m1/s1. The second-order valence-corrected chi connectivity index (χ2v) is 8.45. The number of methoxy groups -OCH3 is 2. The van der Waals surface area contributed by atoms with E-state index in [1.807, 2.05) is 53.6 Å². The molecule has 3 aromatic carbocycles. The van der Waals surface area contributed by atoms with E-state index in [9.17, 15) is 4.79 Å². The van der Waals surface area contributed by atoms with Crippen LogP contribution in [0.25, 0.3) is 5.69 Å². The number of aromatic nitrogens is 1. The molecule has 1 N–H and O–H groups in total. The van der Waals surface area contributed by atoms with Gasteiger partial charge in [0.05, 0.1) is 38.2 Å². The molecule has 0 spiro atoms. The first-order valence-electron chi connectivity index (χ1n) is 10.9. The smallest absolute Gasteiger partial charge is 0.323 e. The number of fused-ring (bicyclic) bond motifs is 3. The Hall–Kier alpha value is -3.90. The number of para-hydroxylation sites is 1. The summed E-state index contributed by atoms with van der Waals surface area (Å²) in [6.07, 6.45) is 2.03. The lowest BCUT2D eigenvalue weighted by Gasteiger charge is -2.31. The average molecular weight is 474 g/mol. The summed E-state index contributed by atoms with van der Waals surface area (Å²) in [6, 6.07) is 24.6. The Balaban J connectivity index is 1.60. The third kappa shape index (κ3) is 3.97. The molecule has 0 fully saturated rings. The fraction of sp³-hybridized carbons (Fsp3) is 0.148. The number of amides is 2. The number of urea groups is 1. The number of hydrogen-bond donors (Lipinski definition) is 1. The maximum absolute atomic E-state index is 13.8. The predicted molar refractivity (Wildman–Crippen MR) is 133 cm³/mol. The molecule has 0 unspecified atom stereocenters. The van der Waals surface area contributed by atoms with Crippen molar-refractivity contribution in [3.8, 4) is 17.2 Å². The van der Waals surface area contributed by atoms with Gasteiger partial charge in [-0.2, -0.15) is 0 Å². The van der Waals surface area contributed by atoms with Crippen molar-refractivity contribution in [1.82, 2.24) is 9.47 Å². The van der Waals surface area contributed by atoms with Crippen LogP contribution in [0.15, 0.2) is 85.1 Å². The summed E-state index contributed by atoms with van der Waals surface area (Å²) in [5.41, 5.74) is 4.63. The van der Waals surface area contributed by atoms with Crippen LogP contribution in [0.1, 0.15) is 22.9 Å². The van der Waals surface area contributed by atoms with Crippen molar-refractivity contribution in [3.63, 3.8) is 0 Å². The summed E-state index contributed by atoms with van der Waals surface area (Å²) in [5, 5.41) is 3.69. The van der Waals surface area contributed by atoms with Crippen LogP contribution in [0.5, 0.6) is 11.5 Å². The highest BCUT2D eigenvalue weighted by Crippen LogP contribution is 2.38. The number of carbonyl (C=O) groups excluding carboxylic acids is 1. The highest BCUT2D eigenvalue weighted by Gasteiger charge is 2.33. The van der Waals surface area contributed by atoms with Gasteiger partial charge in [-0.1, -0.05) is 41.9 Å². The highest BCUT2D eigenvalue weighted by molar-refractivity contribution is 6.30. The zero-order chi connectivity index (χ0) is 23.7. The van der Waals surface area contributed by atoms with Crippen molar-refractivity contribution in [3.05, 3.63) is 107 Å². The number of nitrogens with one attached hydrogen (secondary N) is 1. The number of anilines is 1. The maximum atomic E-state index is 13.8. The average Bonchev–Trinajstić information content (AvgIpc) is 3.29. The van der Waals surface area contributed by atoms with Gasteiger partial charge in [0.15, 0.2) is 0 Å². The second-order valence-electron chi connectivity index (χ2n) is 8.01. The molecule has 6 nitrogen and oxygen atoms in total. The van der Waals surface area contributed by atoms with Gasteiger partial charge in [0.25, 0.3) is 0 Å². The monoisotopic (exact) mass is 473 g/mol. The van der Waals surface area contributed by atoms with Gasteiger partial charge in [0.1, 0.15) is 11.5 Å².